The molecule has 1 aliphatic rings. The van der Waals surface area contributed by atoms with Crippen molar-refractivity contribution in [1.82, 2.24) is 9.97 Å². The van der Waals surface area contributed by atoms with Crippen LogP contribution in [0.5, 0.6) is 0 Å². The van der Waals surface area contributed by atoms with Crippen molar-refractivity contribution in [1.29, 1.82) is 0 Å². The molecule has 4 nitrogen and oxygen atoms in total. The van der Waals surface area contributed by atoms with Crippen molar-refractivity contribution in [3.8, 4) is 11.6 Å². The highest BCUT2D eigenvalue weighted by atomic mass is 16.3. The summed E-state index contributed by atoms with van der Waals surface area (Å²) in [4.78, 5) is 11.9. The van der Waals surface area contributed by atoms with Crippen LogP contribution in [0.3, 0.4) is 0 Å². The summed E-state index contributed by atoms with van der Waals surface area (Å²) in [6, 6.07) is 12.0. The Labute approximate surface area is 129 Å². The fraction of sp³-hybridized carbons (Fsp3) is 0.333. The topological polar surface area (TPSA) is 42.2 Å². The van der Waals surface area contributed by atoms with Gasteiger partial charge >= 0.3 is 0 Å². The van der Waals surface area contributed by atoms with Crippen molar-refractivity contribution >= 4 is 16.7 Å². The second-order valence-electron chi connectivity index (χ2n) is 5.77. The van der Waals surface area contributed by atoms with E-state index in [1.165, 1.54) is 25.7 Å². The molecule has 0 radical (unpaired) electrons. The minimum atomic E-state index is 0.669. The molecule has 0 unspecified atom stereocenters. The Kier molecular flexibility index (Phi) is 3.51. The number of nitrogens with zero attached hydrogens (tertiary/aromatic N) is 3. The number of fused-ring (bicyclic) bond motifs is 1. The number of rotatable bonds is 2. The molecule has 4 heteroatoms. The van der Waals surface area contributed by atoms with Crippen molar-refractivity contribution in [2.45, 2.75) is 25.7 Å². The smallest absolute Gasteiger partial charge is 0.198 e. The largest absolute Gasteiger partial charge is 0.461 e. The van der Waals surface area contributed by atoms with Crippen LogP contribution < -0.4 is 4.90 Å². The van der Waals surface area contributed by atoms with Gasteiger partial charge in [0.25, 0.3) is 0 Å². The lowest BCUT2D eigenvalue weighted by Crippen LogP contribution is -2.25. The van der Waals surface area contributed by atoms with Crippen LogP contribution >= 0.6 is 0 Å². The van der Waals surface area contributed by atoms with Gasteiger partial charge in [-0.05, 0) is 37.1 Å². The minimum absolute atomic E-state index is 0.669. The maximum atomic E-state index is 5.49. The number of furan rings is 1. The summed E-state index contributed by atoms with van der Waals surface area (Å²) in [7, 11) is 0. The van der Waals surface area contributed by atoms with E-state index in [-0.39, 0.29) is 0 Å². The molecule has 1 saturated heterocycles. The third-order valence-electron chi connectivity index (χ3n) is 4.23. The van der Waals surface area contributed by atoms with Crippen LogP contribution in [-0.4, -0.2) is 23.1 Å². The lowest BCUT2D eigenvalue weighted by molar-refractivity contribution is 0.577. The molecule has 2 aromatic heterocycles. The monoisotopic (exact) mass is 293 g/mol. The summed E-state index contributed by atoms with van der Waals surface area (Å²) < 4.78 is 5.49. The Morgan fingerprint density at radius 1 is 0.864 bits per heavy atom. The van der Waals surface area contributed by atoms with Crippen LogP contribution in [0.2, 0.25) is 0 Å². The normalized spacial score (nSPS) is 15.9. The van der Waals surface area contributed by atoms with Gasteiger partial charge in [-0.2, -0.15) is 0 Å². The third-order valence-corrected chi connectivity index (χ3v) is 4.23. The summed E-state index contributed by atoms with van der Waals surface area (Å²) in [6.07, 6.45) is 6.75. The average molecular weight is 293 g/mol. The third kappa shape index (κ3) is 2.45. The first-order chi connectivity index (χ1) is 10.9. The number of anilines is 1. The van der Waals surface area contributed by atoms with Crippen molar-refractivity contribution in [3.05, 3.63) is 42.7 Å². The van der Waals surface area contributed by atoms with Crippen LogP contribution in [0.15, 0.2) is 47.1 Å². The minimum Gasteiger partial charge on any atom is -0.461 e. The molecular weight excluding hydrogens is 274 g/mol. The lowest BCUT2D eigenvalue weighted by Gasteiger charge is -2.23. The van der Waals surface area contributed by atoms with Gasteiger partial charge in [0.05, 0.1) is 11.8 Å². The molecule has 0 N–H and O–H groups in total. The van der Waals surface area contributed by atoms with Crippen LogP contribution in [0.4, 0.5) is 5.82 Å². The molecule has 1 aromatic carbocycles. The van der Waals surface area contributed by atoms with Crippen LogP contribution in [-0.2, 0) is 0 Å². The predicted octanol–water partition coefficient (Wildman–Crippen LogP) is 4.27. The molecule has 0 spiro atoms. The van der Waals surface area contributed by atoms with Gasteiger partial charge in [0.1, 0.15) is 5.82 Å². The van der Waals surface area contributed by atoms with Gasteiger partial charge in [-0.25, -0.2) is 9.97 Å². The lowest BCUT2D eigenvalue weighted by atomic mass is 10.2. The van der Waals surface area contributed by atoms with E-state index in [1.54, 1.807) is 6.26 Å². The molecule has 0 saturated carbocycles. The van der Waals surface area contributed by atoms with Crippen molar-refractivity contribution in [3.63, 3.8) is 0 Å². The van der Waals surface area contributed by atoms with E-state index >= 15 is 0 Å². The Hall–Kier alpha value is -2.36. The number of hydrogen-bond acceptors (Lipinski definition) is 4. The SMILES string of the molecule is c1coc(-c2nc(N3CCCCCC3)c3ccccc3n2)c1. The first kappa shape index (κ1) is 13.3. The standard InChI is InChI=1S/C18H19N3O/c1-2-6-12-21(11-5-1)18-14-8-3-4-9-15(14)19-17(20-18)16-10-7-13-22-16/h3-4,7-10,13H,1-2,5-6,11-12H2. The summed E-state index contributed by atoms with van der Waals surface area (Å²) in [5.74, 6) is 2.43. The van der Waals surface area contributed by atoms with Gasteiger partial charge < -0.3 is 9.32 Å². The maximum Gasteiger partial charge on any atom is 0.198 e. The summed E-state index contributed by atoms with van der Waals surface area (Å²) in [5.41, 5.74) is 0.975. The molecule has 22 heavy (non-hydrogen) atoms. The molecule has 0 atom stereocenters. The van der Waals surface area contributed by atoms with Gasteiger partial charge in [0, 0.05) is 18.5 Å². The first-order valence-electron chi connectivity index (χ1n) is 7.97. The second-order valence-corrected chi connectivity index (χ2v) is 5.77. The van der Waals surface area contributed by atoms with Crippen molar-refractivity contribution in [2.24, 2.45) is 0 Å². The molecule has 3 aromatic rings. The number of para-hydroxylation sites is 1. The van der Waals surface area contributed by atoms with Crippen molar-refractivity contribution < 1.29 is 4.42 Å². The summed E-state index contributed by atoms with van der Waals surface area (Å²) >= 11 is 0. The number of hydrogen-bond donors (Lipinski definition) is 0. The highest BCUT2D eigenvalue weighted by Gasteiger charge is 2.17. The zero-order chi connectivity index (χ0) is 14.8. The van der Waals surface area contributed by atoms with E-state index in [0.717, 1.165) is 35.6 Å². The van der Waals surface area contributed by atoms with Crippen LogP contribution in [0.25, 0.3) is 22.5 Å². The molecule has 1 fully saturated rings. The number of benzene rings is 1. The van der Waals surface area contributed by atoms with Gasteiger partial charge in [0.15, 0.2) is 11.6 Å². The zero-order valence-electron chi connectivity index (χ0n) is 12.5. The Morgan fingerprint density at radius 2 is 1.68 bits per heavy atom. The van der Waals surface area contributed by atoms with Crippen LogP contribution in [0.1, 0.15) is 25.7 Å². The zero-order valence-corrected chi connectivity index (χ0v) is 12.5. The maximum absolute atomic E-state index is 5.49. The second kappa shape index (κ2) is 5.79. The van der Waals surface area contributed by atoms with E-state index in [4.69, 9.17) is 9.40 Å². The fourth-order valence-electron chi connectivity index (χ4n) is 3.10. The van der Waals surface area contributed by atoms with Crippen molar-refractivity contribution in [2.75, 3.05) is 18.0 Å². The molecular formula is C18H19N3O. The molecule has 3 heterocycles. The predicted molar refractivity (Wildman–Crippen MR) is 87.9 cm³/mol. The van der Waals surface area contributed by atoms with Gasteiger partial charge in [-0.15, -0.1) is 0 Å². The summed E-state index contributed by atoms with van der Waals surface area (Å²) in [5, 5.41) is 1.12. The molecule has 4 rings (SSSR count). The highest BCUT2D eigenvalue weighted by Crippen LogP contribution is 2.29. The quantitative estimate of drug-likeness (QED) is 0.707. The van der Waals surface area contributed by atoms with Gasteiger partial charge in [-0.1, -0.05) is 25.0 Å². The number of aromatic nitrogens is 2. The Balaban J connectivity index is 1.87. The Morgan fingerprint density at radius 3 is 2.45 bits per heavy atom. The fourth-order valence-corrected chi connectivity index (χ4v) is 3.10. The Bertz CT molecular complexity index is 759. The first-order valence-corrected chi connectivity index (χ1v) is 7.97. The van der Waals surface area contributed by atoms with Gasteiger partial charge in [-0.3, -0.25) is 0 Å². The van der Waals surface area contributed by atoms with E-state index in [0.29, 0.717) is 5.82 Å². The van der Waals surface area contributed by atoms with Crippen LogP contribution in [0, 0.1) is 0 Å². The highest BCUT2D eigenvalue weighted by molar-refractivity contribution is 5.90. The molecule has 0 amide bonds. The van der Waals surface area contributed by atoms with E-state index in [2.05, 4.69) is 22.0 Å². The van der Waals surface area contributed by atoms with E-state index in [1.807, 2.05) is 24.3 Å². The van der Waals surface area contributed by atoms with Gasteiger partial charge in [0.2, 0.25) is 0 Å². The molecule has 112 valence electrons. The van der Waals surface area contributed by atoms with E-state index in [9.17, 15) is 0 Å². The molecule has 0 aliphatic carbocycles. The molecule has 0 bridgehead atoms. The molecule has 1 aliphatic heterocycles. The summed E-state index contributed by atoms with van der Waals surface area (Å²) in [6.45, 7) is 2.14. The van der Waals surface area contributed by atoms with E-state index < -0.39 is 0 Å². The average Bonchev–Trinajstić information content (AvgIpc) is 2.97.